The van der Waals surface area contributed by atoms with E-state index in [2.05, 4.69) is 5.43 Å². The molecule has 3 N–H and O–H groups in total. The van der Waals surface area contributed by atoms with Crippen LogP contribution in [0.15, 0.2) is 0 Å². The average Bonchev–Trinajstić information content (AvgIpc) is 2.88. The van der Waals surface area contributed by atoms with Crippen molar-refractivity contribution in [2.45, 2.75) is 76.5 Å². The summed E-state index contributed by atoms with van der Waals surface area (Å²) < 4.78 is 0. The lowest BCUT2D eigenvalue weighted by atomic mass is 9.98. The predicted octanol–water partition coefficient (Wildman–Crippen LogP) is 3.47. The summed E-state index contributed by atoms with van der Waals surface area (Å²) in [6, 6.07) is 0. The Bertz CT molecular complexity index is 450. The van der Waals surface area contributed by atoms with E-state index >= 15 is 0 Å². The fourth-order valence-electron chi connectivity index (χ4n) is 3.63. The number of aromatic nitrogens is 2. The van der Waals surface area contributed by atoms with Crippen LogP contribution in [-0.2, 0) is 12.8 Å². The van der Waals surface area contributed by atoms with Crippen LogP contribution in [0.1, 0.15) is 80.8 Å². The van der Waals surface area contributed by atoms with E-state index in [4.69, 9.17) is 15.8 Å². The van der Waals surface area contributed by atoms with Crippen molar-refractivity contribution in [3.8, 4) is 0 Å². The molecule has 0 bridgehead atoms. The van der Waals surface area contributed by atoms with Crippen LogP contribution in [0, 0.1) is 0 Å². The molecular weight excluding hydrogens is 248 g/mol. The van der Waals surface area contributed by atoms with Gasteiger partial charge in [-0.1, -0.05) is 32.1 Å². The number of nitrogens with one attached hydrogen (secondary N) is 1. The molecule has 0 spiro atoms. The van der Waals surface area contributed by atoms with E-state index in [1.54, 1.807) is 0 Å². The van der Waals surface area contributed by atoms with Gasteiger partial charge in [-0.2, -0.15) is 0 Å². The number of anilines is 1. The van der Waals surface area contributed by atoms with Crippen LogP contribution < -0.4 is 11.3 Å². The van der Waals surface area contributed by atoms with Gasteiger partial charge in [0, 0.05) is 17.2 Å². The fraction of sp³-hybridized carbons (Fsp3) is 0.750. The van der Waals surface area contributed by atoms with Crippen molar-refractivity contribution in [3.63, 3.8) is 0 Å². The number of rotatable bonds is 2. The molecule has 0 saturated heterocycles. The summed E-state index contributed by atoms with van der Waals surface area (Å²) in [6.07, 6.45) is 13.8. The molecule has 2 aliphatic carbocycles. The Kier molecular flexibility index (Phi) is 4.51. The van der Waals surface area contributed by atoms with Gasteiger partial charge in [-0.05, 0) is 38.5 Å². The molecule has 0 amide bonds. The van der Waals surface area contributed by atoms with Gasteiger partial charge in [-0.15, -0.1) is 0 Å². The molecule has 4 heteroatoms. The Labute approximate surface area is 121 Å². The van der Waals surface area contributed by atoms with Crippen LogP contribution >= 0.6 is 0 Å². The van der Waals surface area contributed by atoms with E-state index in [0.29, 0.717) is 5.92 Å². The van der Waals surface area contributed by atoms with Crippen molar-refractivity contribution in [2.75, 3.05) is 5.43 Å². The number of nitrogen functional groups attached to an aromatic ring is 1. The summed E-state index contributed by atoms with van der Waals surface area (Å²) >= 11 is 0. The number of hydrazine groups is 1. The van der Waals surface area contributed by atoms with Gasteiger partial charge in [-0.3, -0.25) is 0 Å². The molecular formula is C16H26N4. The van der Waals surface area contributed by atoms with Gasteiger partial charge >= 0.3 is 0 Å². The number of nitrogens with zero attached hydrogens (tertiary/aromatic N) is 2. The standard InChI is InChI=1S/C16H26N4/c17-20-16-13-10-6-3-7-11-14(13)18-15(19-16)12-8-4-1-2-5-9-12/h12H,1-11,17H2,(H,18,19,20). The van der Waals surface area contributed by atoms with Crippen molar-refractivity contribution >= 4 is 5.82 Å². The number of fused-ring (bicyclic) bond motifs is 1. The van der Waals surface area contributed by atoms with Gasteiger partial charge in [0.05, 0.1) is 0 Å². The molecule has 0 unspecified atom stereocenters. The molecule has 3 rings (SSSR count). The molecule has 1 aromatic rings. The minimum Gasteiger partial charge on any atom is -0.308 e. The van der Waals surface area contributed by atoms with Gasteiger partial charge in [0.2, 0.25) is 0 Å². The quantitative estimate of drug-likeness (QED) is 0.375. The van der Waals surface area contributed by atoms with Gasteiger partial charge in [-0.25, -0.2) is 15.8 Å². The van der Waals surface area contributed by atoms with Gasteiger partial charge in [0.1, 0.15) is 11.6 Å². The first-order chi connectivity index (χ1) is 9.88. The Morgan fingerprint density at radius 2 is 1.55 bits per heavy atom. The SMILES string of the molecule is NNc1nc(C2CCCCCC2)nc2c1CCCCC2. The van der Waals surface area contributed by atoms with E-state index in [1.807, 2.05) is 0 Å². The first kappa shape index (κ1) is 13.8. The lowest BCUT2D eigenvalue weighted by Crippen LogP contribution is -2.17. The number of nitrogens with two attached hydrogens (primary N) is 1. The molecule has 1 heterocycles. The van der Waals surface area contributed by atoms with Crippen LogP contribution in [0.3, 0.4) is 0 Å². The van der Waals surface area contributed by atoms with E-state index in [9.17, 15) is 0 Å². The van der Waals surface area contributed by atoms with Crippen molar-refractivity contribution in [1.29, 1.82) is 0 Å². The molecule has 0 atom stereocenters. The molecule has 0 radical (unpaired) electrons. The normalized spacial score (nSPS) is 20.9. The molecule has 0 aliphatic heterocycles. The third-order valence-electron chi connectivity index (χ3n) is 4.81. The Morgan fingerprint density at radius 3 is 2.30 bits per heavy atom. The van der Waals surface area contributed by atoms with E-state index in [0.717, 1.165) is 24.5 Å². The summed E-state index contributed by atoms with van der Waals surface area (Å²) in [4.78, 5) is 9.70. The first-order valence-electron chi connectivity index (χ1n) is 8.25. The number of aryl methyl sites for hydroxylation is 1. The summed E-state index contributed by atoms with van der Waals surface area (Å²) in [5.41, 5.74) is 5.35. The van der Waals surface area contributed by atoms with Crippen LogP contribution in [-0.4, -0.2) is 9.97 Å². The lowest BCUT2D eigenvalue weighted by Gasteiger charge is -2.17. The topological polar surface area (TPSA) is 63.8 Å². The van der Waals surface area contributed by atoms with Crippen molar-refractivity contribution in [1.82, 2.24) is 9.97 Å². The zero-order valence-corrected chi connectivity index (χ0v) is 12.3. The Hall–Kier alpha value is -1.16. The number of hydrogen-bond donors (Lipinski definition) is 2. The van der Waals surface area contributed by atoms with Gasteiger partial charge in [0.15, 0.2) is 0 Å². The van der Waals surface area contributed by atoms with Crippen LogP contribution in [0.25, 0.3) is 0 Å². The summed E-state index contributed by atoms with van der Waals surface area (Å²) in [6.45, 7) is 0. The maximum atomic E-state index is 5.71. The largest absolute Gasteiger partial charge is 0.308 e. The highest BCUT2D eigenvalue weighted by atomic mass is 15.3. The van der Waals surface area contributed by atoms with Crippen LogP contribution in [0.5, 0.6) is 0 Å². The van der Waals surface area contributed by atoms with Crippen molar-refractivity contribution in [2.24, 2.45) is 5.84 Å². The fourth-order valence-corrected chi connectivity index (χ4v) is 3.63. The van der Waals surface area contributed by atoms with E-state index < -0.39 is 0 Å². The highest BCUT2D eigenvalue weighted by Crippen LogP contribution is 2.32. The van der Waals surface area contributed by atoms with Crippen molar-refractivity contribution in [3.05, 3.63) is 17.1 Å². The highest BCUT2D eigenvalue weighted by Gasteiger charge is 2.22. The Balaban J connectivity index is 1.92. The highest BCUT2D eigenvalue weighted by molar-refractivity contribution is 5.46. The average molecular weight is 274 g/mol. The van der Waals surface area contributed by atoms with Crippen LogP contribution in [0.2, 0.25) is 0 Å². The smallest absolute Gasteiger partial charge is 0.147 e. The van der Waals surface area contributed by atoms with E-state index in [1.165, 1.54) is 69.0 Å². The summed E-state index contributed by atoms with van der Waals surface area (Å²) in [7, 11) is 0. The lowest BCUT2D eigenvalue weighted by molar-refractivity contribution is 0.556. The molecule has 1 aromatic heterocycles. The van der Waals surface area contributed by atoms with Crippen LogP contribution in [0.4, 0.5) is 5.82 Å². The monoisotopic (exact) mass is 274 g/mol. The van der Waals surface area contributed by atoms with Crippen molar-refractivity contribution < 1.29 is 0 Å². The minimum atomic E-state index is 0.540. The first-order valence-corrected chi connectivity index (χ1v) is 8.25. The molecule has 110 valence electrons. The molecule has 1 fully saturated rings. The van der Waals surface area contributed by atoms with E-state index in [-0.39, 0.29) is 0 Å². The minimum absolute atomic E-state index is 0.540. The third kappa shape index (κ3) is 2.95. The second-order valence-electron chi connectivity index (χ2n) is 6.25. The maximum Gasteiger partial charge on any atom is 0.147 e. The zero-order chi connectivity index (χ0) is 13.8. The summed E-state index contributed by atoms with van der Waals surface area (Å²) in [5, 5.41) is 0. The predicted molar refractivity (Wildman–Crippen MR) is 81.5 cm³/mol. The maximum absolute atomic E-state index is 5.71. The summed E-state index contributed by atoms with van der Waals surface area (Å²) in [5.74, 6) is 8.18. The Morgan fingerprint density at radius 1 is 0.850 bits per heavy atom. The number of hydrogen-bond acceptors (Lipinski definition) is 4. The zero-order valence-electron chi connectivity index (χ0n) is 12.3. The molecule has 1 saturated carbocycles. The second kappa shape index (κ2) is 6.53. The second-order valence-corrected chi connectivity index (χ2v) is 6.25. The molecule has 4 nitrogen and oxygen atoms in total. The van der Waals surface area contributed by atoms with Gasteiger partial charge < -0.3 is 5.43 Å². The third-order valence-corrected chi connectivity index (χ3v) is 4.81. The molecule has 0 aromatic carbocycles. The van der Waals surface area contributed by atoms with Gasteiger partial charge in [0.25, 0.3) is 0 Å². The molecule has 20 heavy (non-hydrogen) atoms. The molecule has 2 aliphatic rings.